The van der Waals surface area contributed by atoms with Crippen LogP contribution < -0.4 is 5.73 Å². The van der Waals surface area contributed by atoms with Crippen molar-refractivity contribution in [3.63, 3.8) is 0 Å². The molecule has 1 atom stereocenters. The highest BCUT2D eigenvalue weighted by molar-refractivity contribution is 6.30. The van der Waals surface area contributed by atoms with Gasteiger partial charge >= 0.3 is 0 Å². The molecule has 19 heavy (non-hydrogen) atoms. The third-order valence-corrected chi connectivity index (χ3v) is 3.22. The molecule has 2 N–H and O–H groups in total. The number of hydrogen-bond acceptors (Lipinski definition) is 1. The summed E-state index contributed by atoms with van der Waals surface area (Å²) in [5.74, 6) is -1.25. The van der Waals surface area contributed by atoms with Crippen molar-refractivity contribution in [3.05, 3.63) is 70.2 Å². The lowest BCUT2D eigenvalue weighted by atomic mass is 9.86. The van der Waals surface area contributed by atoms with E-state index in [4.69, 9.17) is 17.3 Å². The second-order valence-corrected chi connectivity index (χ2v) is 5.32. The maximum absolute atomic E-state index is 13.2. The van der Waals surface area contributed by atoms with Gasteiger partial charge in [-0.1, -0.05) is 23.7 Å². The van der Waals surface area contributed by atoms with Gasteiger partial charge in [-0.3, -0.25) is 0 Å². The summed E-state index contributed by atoms with van der Waals surface area (Å²) in [7, 11) is 0. The molecule has 0 heterocycles. The molecular formula is C15H14ClF2N. The van der Waals surface area contributed by atoms with Crippen LogP contribution in [-0.2, 0) is 12.0 Å². The van der Waals surface area contributed by atoms with Crippen molar-refractivity contribution < 1.29 is 8.78 Å². The predicted octanol–water partition coefficient (Wildman–Crippen LogP) is 4.03. The predicted molar refractivity (Wildman–Crippen MR) is 73.1 cm³/mol. The Kier molecular flexibility index (Phi) is 3.88. The van der Waals surface area contributed by atoms with Gasteiger partial charge in [-0.05, 0) is 48.7 Å². The molecule has 0 radical (unpaired) electrons. The van der Waals surface area contributed by atoms with Gasteiger partial charge in [-0.25, -0.2) is 8.78 Å². The molecule has 0 aliphatic heterocycles. The van der Waals surface area contributed by atoms with Crippen molar-refractivity contribution in [1.29, 1.82) is 0 Å². The standard InChI is InChI=1S/C15H14ClF2N/c1-15(19,9-10-3-2-4-12(16)5-10)11-6-13(17)8-14(18)7-11/h2-8H,9,19H2,1H3. The molecule has 0 amide bonds. The van der Waals surface area contributed by atoms with E-state index >= 15 is 0 Å². The molecule has 1 unspecified atom stereocenters. The average molecular weight is 282 g/mol. The molecule has 2 rings (SSSR count). The lowest BCUT2D eigenvalue weighted by Gasteiger charge is -2.25. The minimum Gasteiger partial charge on any atom is -0.321 e. The molecule has 0 spiro atoms. The molecule has 0 saturated carbocycles. The van der Waals surface area contributed by atoms with Crippen molar-refractivity contribution in [2.24, 2.45) is 5.73 Å². The van der Waals surface area contributed by atoms with E-state index < -0.39 is 17.2 Å². The molecule has 100 valence electrons. The van der Waals surface area contributed by atoms with Crippen LogP contribution >= 0.6 is 11.6 Å². The molecule has 0 saturated heterocycles. The number of hydrogen-bond donors (Lipinski definition) is 1. The third-order valence-electron chi connectivity index (χ3n) is 2.98. The minimum atomic E-state index is -0.867. The summed E-state index contributed by atoms with van der Waals surface area (Å²) in [6, 6.07) is 10.6. The highest BCUT2D eigenvalue weighted by Crippen LogP contribution is 2.25. The zero-order valence-corrected chi connectivity index (χ0v) is 11.2. The van der Waals surface area contributed by atoms with Crippen molar-refractivity contribution in [3.8, 4) is 0 Å². The van der Waals surface area contributed by atoms with Crippen molar-refractivity contribution in [1.82, 2.24) is 0 Å². The maximum atomic E-state index is 13.2. The normalized spacial score (nSPS) is 14.2. The van der Waals surface area contributed by atoms with Crippen molar-refractivity contribution in [2.75, 3.05) is 0 Å². The first kappa shape index (κ1) is 14.0. The topological polar surface area (TPSA) is 26.0 Å². The first-order chi connectivity index (χ1) is 8.87. The van der Waals surface area contributed by atoms with Crippen LogP contribution in [0.2, 0.25) is 5.02 Å². The van der Waals surface area contributed by atoms with E-state index in [0.717, 1.165) is 11.6 Å². The average Bonchev–Trinajstić information content (AvgIpc) is 2.26. The molecule has 2 aromatic carbocycles. The van der Waals surface area contributed by atoms with Crippen molar-refractivity contribution >= 4 is 11.6 Å². The fourth-order valence-electron chi connectivity index (χ4n) is 2.06. The van der Waals surface area contributed by atoms with Gasteiger partial charge in [0.05, 0.1) is 0 Å². The molecule has 2 aromatic rings. The Labute approximate surface area is 116 Å². The van der Waals surface area contributed by atoms with E-state index in [1.165, 1.54) is 12.1 Å². The Morgan fingerprint density at radius 3 is 2.32 bits per heavy atom. The fraction of sp³-hybridized carbons (Fsp3) is 0.200. The molecule has 0 fully saturated rings. The van der Waals surface area contributed by atoms with Gasteiger partial charge in [0.25, 0.3) is 0 Å². The van der Waals surface area contributed by atoms with Crippen LogP contribution in [0.5, 0.6) is 0 Å². The molecule has 0 bridgehead atoms. The van der Waals surface area contributed by atoms with E-state index in [0.29, 0.717) is 17.0 Å². The van der Waals surface area contributed by atoms with Gasteiger partial charge in [0.15, 0.2) is 0 Å². The zero-order valence-electron chi connectivity index (χ0n) is 10.5. The van der Waals surface area contributed by atoms with Gasteiger partial charge in [0.1, 0.15) is 11.6 Å². The van der Waals surface area contributed by atoms with Crippen molar-refractivity contribution in [2.45, 2.75) is 18.9 Å². The summed E-state index contributed by atoms with van der Waals surface area (Å²) in [5, 5.41) is 0.610. The Bertz CT molecular complexity index is 576. The molecule has 4 heteroatoms. The van der Waals surface area contributed by atoms with Gasteiger partial charge in [0.2, 0.25) is 0 Å². The fourth-order valence-corrected chi connectivity index (χ4v) is 2.27. The summed E-state index contributed by atoms with van der Waals surface area (Å²) in [5.41, 5.74) is 6.65. The second kappa shape index (κ2) is 5.27. The Hall–Kier alpha value is -1.45. The number of halogens is 3. The first-order valence-corrected chi connectivity index (χ1v) is 6.24. The summed E-state index contributed by atoms with van der Waals surface area (Å²) < 4.78 is 26.5. The van der Waals surface area contributed by atoms with Crippen LogP contribution in [0.4, 0.5) is 8.78 Å². The summed E-state index contributed by atoms with van der Waals surface area (Å²) in [6.07, 6.45) is 0.441. The molecule has 1 nitrogen and oxygen atoms in total. The number of benzene rings is 2. The second-order valence-electron chi connectivity index (χ2n) is 4.88. The number of nitrogens with two attached hydrogens (primary N) is 1. The van der Waals surface area contributed by atoms with Crippen LogP contribution in [0.15, 0.2) is 42.5 Å². The molecule has 0 aliphatic carbocycles. The highest BCUT2D eigenvalue weighted by Gasteiger charge is 2.23. The third kappa shape index (κ3) is 3.52. The van der Waals surface area contributed by atoms with Crippen LogP contribution in [0.25, 0.3) is 0 Å². The van der Waals surface area contributed by atoms with E-state index in [-0.39, 0.29) is 0 Å². The monoisotopic (exact) mass is 281 g/mol. The van der Waals surface area contributed by atoms with Crippen LogP contribution in [0, 0.1) is 11.6 Å². The lowest BCUT2D eigenvalue weighted by molar-refractivity contribution is 0.478. The quantitative estimate of drug-likeness (QED) is 0.903. The molecular weight excluding hydrogens is 268 g/mol. The van der Waals surface area contributed by atoms with Gasteiger partial charge in [-0.15, -0.1) is 0 Å². The minimum absolute atomic E-state index is 0.421. The maximum Gasteiger partial charge on any atom is 0.126 e. The van der Waals surface area contributed by atoms with Gasteiger partial charge in [0, 0.05) is 16.6 Å². The van der Waals surface area contributed by atoms with Gasteiger partial charge in [-0.2, -0.15) is 0 Å². The highest BCUT2D eigenvalue weighted by atomic mass is 35.5. The Morgan fingerprint density at radius 1 is 1.11 bits per heavy atom. The molecule has 0 aliphatic rings. The van der Waals surface area contributed by atoms with E-state index in [1.807, 2.05) is 12.1 Å². The van der Waals surface area contributed by atoms with E-state index in [1.54, 1.807) is 19.1 Å². The van der Waals surface area contributed by atoms with Crippen LogP contribution in [0.1, 0.15) is 18.1 Å². The SMILES string of the molecule is CC(N)(Cc1cccc(Cl)c1)c1cc(F)cc(F)c1. The first-order valence-electron chi connectivity index (χ1n) is 5.87. The van der Waals surface area contributed by atoms with E-state index in [9.17, 15) is 8.78 Å². The Morgan fingerprint density at radius 2 is 1.74 bits per heavy atom. The lowest BCUT2D eigenvalue weighted by Crippen LogP contribution is -2.35. The summed E-state index contributed by atoms with van der Waals surface area (Å²) >= 11 is 5.91. The number of rotatable bonds is 3. The van der Waals surface area contributed by atoms with Crippen LogP contribution in [-0.4, -0.2) is 0 Å². The zero-order chi connectivity index (χ0) is 14.0. The molecule has 0 aromatic heterocycles. The van der Waals surface area contributed by atoms with Crippen LogP contribution in [0.3, 0.4) is 0 Å². The largest absolute Gasteiger partial charge is 0.321 e. The smallest absolute Gasteiger partial charge is 0.126 e. The van der Waals surface area contributed by atoms with E-state index in [2.05, 4.69) is 0 Å². The summed E-state index contributed by atoms with van der Waals surface area (Å²) in [4.78, 5) is 0. The summed E-state index contributed by atoms with van der Waals surface area (Å²) in [6.45, 7) is 1.74. The van der Waals surface area contributed by atoms with Gasteiger partial charge < -0.3 is 5.73 Å². The Balaban J connectivity index is 2.31.